The van der Waals surface area contributed by atoms with E-state index in [1.165, 1.54) is 12.1 Å². The number of nitrogens with one attached hydrogen (secondary N) is 1. The van der Waals surface area contributed by atoms with Crippen molar-refractivity contribution in [3.05, 3.63) is 29.6 Å². The van der Waals surface area contributed by atoms with Gasteiger partial charge in [-0.25, -0.2) is 9.18 Å². The summed E-state index contributed by atoms with van der Waals surface area (Å²) >= 11 is 0. The molecule has 0 unspecified atom stereocenters. The summed E-state index contributed by atoms with van der Waals surface area (Å²) in [6, 6.07) is 5.73. The highest BCUT2D eigenvalue weighted by molar-refractivity contribution is 5.86. The number of para-hydroxylation sites is 1. The van der Waals surface area contributed by atoms with E-state index in [9.17, 15) is 9.18 Å². The average Bonchev–Trinajstić information content (AvgIpc) is 2.21. The van der Waals surface area contributed by atoms with Gasteiger partial charge in [0.05, 0.1) is 17.9 Å². The first-order chi connectivity index (χ1) is 7.19. The quantitative estimate of drug-likeness (QED) is 0.810. The van der Waals surface area contributed by atoms with E-state index in [-0.39, 0.29) is 17.9 Å². The van der Waals surface area contributed by atoms with Crippen molar-refractivity contribution in [3.8, 4) is 6.07 Å². The lowest BCUT2D eigenvalue weighted by Crippen LogP contribution is -2.15. The molecule has 0 aromatic heterocycles. The number of hydrogen-bond donors (Lipinski definition) is 1. The van der Waals surface area contributed by atoms with Crippen molar-refractivity contribution in [2.45, 2.75) is 6.92 Å². The summed E-state index contributed by atoms with van der Waals surface area (Å²) in [5, 5.41) is 10.8. The second-order valence-electron chi connectivity index (χ2n) is 2.62. The van der Waals surface area contributed by atoms with Crippen LogP contribution in [0.1, 0.15) is 12.5 Å². The molecule has 0 heterocycles. The molecule has 15 heavy (non-hydrogen) atoms. The van der Waals surface area contributed by atoms with Gasteiger partial charge in [-0.2, -0.15) is 5.26 Å². The first-order valence-electron chi connectivity index (χ1n) is 4.31. The van der Waals surface area contributed by atoms with Gasteiger partial charge in [0.2, 0.25) is 0 Å². The molecule has 1 aromatic carbocycles. The van der Waals surface area contributed by atoms with Crippen molar-refractivity contribution in [2.24, 2.45) is 0 Å². The number of nitriles is 1. The molecule has 0 bridgehead atoms. The monoisotopic (exact) mass is 208 g/mol. The van der Waals surface area contributed by atoms with E-state index in [4.69, 9.17) is 5.26 Å². The Morgan fingerprint density at radius 3 is 3.00 bits per heavy atom. The van der Waals surface area contributed by atoms with Crippen LogP contribution in [0.4, 0.5) is 14.9 Å². The lowest BCUT2D eigenvalue weighted by Gasteiger charge is -2.07. The van der Waals surface area contributed by atoms with E-state index in [2.05, 4.69) is 10.1 Å². The van der Waals surface area contributed by atoms with E-state index in [1.54, 1.807) is 13.0 Å². The first kappa shape index (κ1) is 11.0. The predicted molar refractivity (Wildman–Crippen MR) is 51.8 cm³/mol. The maximum Gasteiger partial charge on any atom is 0.411 e. The first-order valence-corrected chi connectivity index (χ1v) is 4.31. The number of rotatable bonds is 2. The van der Waals surface area contributed by atoms with E-state index < -0.39 is 11.9 Å². The number of hydrogen-bond acceptors (Lipinski definition) is 3. The molecule has 4 nitrogen and oxygen atoms in total. The minimum Gasteiger partial charge on any atom is -0.450 e. The molecule has 0 fully saturated rings. The van der Waals surface area contributed by atoms with Crippen LogP contribution in [0.5, 0.6) is 0 Å². The third kappa shape index (κ3) is 2.68. The minimum atomic E-state index is -0.779. The van der Waals surface area contributed by atoms with Gasteiger partial charge in [-0.3, -0.25) is 5.32 Å². The number of benzene rings is 1. The minimum absolute atomic E-state index is 0.0584. The fraction of sp³-hybridized carbons (Fsp3) is 0.200. The number of carbonyl (C=O) groups is 1. The van der Waals surface area contributed by atoms with Gasteiger partial charge >= 0.3 is 6.09 Å². The van der Waals surface area contributed by atoms with E-state index >= 15 is 0 Å². The normalized spacial score (nSPS) is 9.13. The zero-order valence-corrected chi connectivity index (χ0v) is 8.08. The Morgan fingerprint density at radius 1 is 1.67 bits per heavy atom. The van der Waals surface area contributed by atoms with E-state index in [0.717, 1.165) is 6.07 Å². The molecular weight excluding hydrogens is 199 g/mol. The van der Waals surface area contributed by atoms with Crippen LogP contribution in [0.25, 0.3) is 0 Å². The largest absolute Gasteiger partial charge is 0.450 e. The standard InChI is InChI=1S/C10H9FN2O2/c1-2-15-10(14)13-9-7(6-12)4-3-5-8(9)11/h3-5H,2H2,1H3,(H,13,14). The molecule has 0 radical (unpaired) electrons. The Kier molecular flexibility index (Phi) is 3.63. The van der Waals surface area contributed by atoms with Crippen LogP contribution in [-0.4, -0.2) is 12.7 Å². The van der Waals surface area contributed by atoms with Crippen molar-refractivity contribution >= 4 is 11.8 Å². The summed E-state index contributed by atoms with van der Waals surface area (Å²) in [6.07, 6.45) is -0.779. The van der Waals surface area contributed by atoms with E-state index in [0.29, 0.717) is 0 Å². The van der Waals surface area contributed by atoms with Crippen LogP contribution in [0.2, 0.25) is 0 Å². The molecule has 0 aliphatic rings. The number of nitrogens with zero attached hydrogens (tertiary/aromatic N) is 1. The number of halogens is 1. The van der Waals surface area contributed by atoms with Crippen LogP contribution in [0.3, 0.4) is 0 Å². The van der Waals surface area contributed by atoms with Crippen molar-refractivity contribution in [1.29, 1.82) is 5.26 Å². The van der Waals surface area contributed by atoms with Crippen LogP contribution in [0, 0.1) is 17.1 Å². The number of carbonyl (C=O) groups excluding carboxylic acids is 1. The summed E-state index contributed by atoms with van der Waals surface area (Å²) < 4.78 is 17.8. The average molecular weight is 208 g/mol. The van der Waals surface area contributed by atoms with Crippen LogP contribution < -0.4 is 5.32 Å². The van der Waals surface area contributed by atoms with Gasteiger partial charge < -0.3 is 4.74 Å². The molecule has 0 saturated carbocycles. The highest BCUT2D eigenvalue weighted by Crippen LogP contribution is 2.18. The van der Waals surface area contributed by atoms with Gasteiger partial charge in [-0.15, -0.1) is 0 Å². The Bertz CT molecular complexity index is 412. The van der Waals surface area contributed by atoms with Crippen molar-refractivity contribution in [2.75, 3.05) is 11.9 Å². The summed E-state index contributed by atoms with van der Waals surface area (Å²) in [7, 11) is 0. The number of anilines is 1. The van der Waals surface area contributed by atoms with Crippen molar-refractivity contribution < 1.29 is 13.9 Å². The zero-order valence-electron chi connectivity index (χ0n) is 8.08. The van der Waals surface area contributed by atoms with Crippen molar-refractivity contribution in [1.82, 2.24) is 0 Å². The fourth-order valence-corrected chi connectivity index (χ4v) is 1.01. The van der Waals surface area contributed by atoms with Gasteiger partial charge in [0.15, 0.2) is 0 Å². The molecule has 78 valence electrons. The molecule has 5 heteroatoms. The number of ether oxygens (including phenoxy) is 1. The highest BCUT2D eigenvalue weighted by Gasteiger charge is 2.11. The lowest BCUT2D eigenvalue weighted by molar-refractivity contribution is 0.168. The molecule has 1 rings (SSSR count). The molecule has 1 aromatic rings. The molecule has 0 saturated heterocycles. The summed E-state index contributed by atoms with van der Waals surface area (Å²) in [5.74, 6) is -0.665. The van der Waals surface area contributed by atoms with Crippen LogP contribution in [0.15, 0.2) is 18.2 Å². The third-order valence-corrected chi connectivity index (χ3v) is 1.64. The van der Waals surface area contributed by atoms with Gasteiger partial charge in [-0.1, -0.05) is 6.07 Å². The van der Waals surface area contributed by atoms with Gasteiger partial charge in [-0.05, 0) is 19.1 Å². The molecule has 1 N–H and O–H groups in total. The lowest BCUT2D eigenvalue weighted by atomic mass is 10.2. The molecule has 0 spiro atoms. The maximum absolute atomic E-state index is 13.2. The fourth-order valence-electron chi connectivity index (χ4n) is 1.01. The van der Waals surface area contributed by atoms with E-state index in [1.807, 2.05) is 0 Å². The van der Waals surface area contributed by atoms with Crippen LogP contribution >= 0.6 is 0 Å². The van der Waals surface area contributed by atoms with Gasteiger partial charge in [0, 0.05) is 0 Å². The highest BCUT2D eigenvalue weighted by atomic mass is 19.1. The molecule has 0 atom stereocenters. The Morgan fingerprint density at radius 2 is 2.40 bits per heavy atom. The third-order valence-electron chi connectivity index (χ3n) is 1.64. The second-order valence-corrected chi connectivity index (χ2v) is 2.62. The molecule has 0 aliphatic carbocycles. The summed E-state index contributed by atoms with van der Waals surface area (Å²) in [6.45, 7) is 1.81. The predicted octanol–water partition coefficient (Wildman–Crippen LogP) is 2.27. The zero-order chi connectivity index (χ0) is 11.3. The number of amides is 1. The van der Waals surface area contributed by atoms with Crippen molar-refractivity contribution in [3.63, 3.8) is 0 Å². The molecule has 0 aliphatic heterocycles. The Balaban J connectivity index is 2.94. The van der Waals surface area contributed by atoms with Gasteiger partial charge in [0.25, 0.3) is 0 Å². The maximum atomic E-state index is 13.2. The summed E-state index contributed by atoms with van der Waals surface area (Å²) in [4.78, 5) is 11.0. The molecular formula is C10H9FN2O2. The van der Waals surface area contributed by atoms with Crippen LogP contribution in [-0.2, 0) is 4.74 Å². The second kappa shape index (κ2) is 4.96. The SMILES string of the molecule is CCOC(=O)Nc1c(F)cccc1C#N. The Labute approximate surface area is 86.3 Å². The molecule has 1 amide bonds. The smallest absolute Gasteiger partial charge is 0.411 e. The topological polar surface area (TPSA) is 62.1 Å². The Hall–Kier alpha value is -2.09. The summed E-state index contributed by atoms with van der Waals surface area (Å²) in [5.41, 5.74) is -0.0958. The van der Waals surface area contributed by atoms with Gasteiger partial charge in [0.1, 0.15) is 11.9 Å².